The summed E-state index contributed by atoms with van der Waals surface area (Å²) in [5, 5.41) is 5.22. The molecule has 158 valence electrons. The first-order chi connectivity index (χ1) is 12.8. The average molecular weight is 390 g/mol. The third kappa shape index (κ3) is 20.5. The summed E-state index contributed by atoms with van der Waals surface area (Å²) in [7, 11) is 0. The minimum Gasteiger partial charge on any atom is -0.444 e. The van der Waals surface area contributed by atoms with Crippen LogP contribution in [-0.2, 0) is 28.5 Å². The van der Waals surface area contributed by atoms with E-state index in [1.54, 1.807) is 0 Å². The molecular weight excluding hydrogens is 356 g/mol. The number of carbonyl (C=O) groups is 2. The monoisotopic (exact) mass is 390 g/mol. The van der Waals surface area contributed by atoms with Crippen LogP contribution in [0, 0.1) is 0 Å². The first kappa shape index (κ1) is 25.3. The Hall–Kier alpha value is -1.68. The largest absolute Gasteiger partial charge is 0.444 e. The molecule has 0 aliphatic carbocycles. The first-order valence-corrected chi connectivity index (χ1v) is 9.03. The van der Waals surface area contributed by atoms with E-state index in [0.29, 0.717) is 65.9 Å². The quantitative estimate of drug-likeness (QED) is 0.298. The van der Waals surface area contributed by atoms with Gasteiger partial charge in [-0.05, 0) is 26.8 Å². The SMILES string of the molecule is C=CC(=O)NCCOCCOCCOCCOCCNC(=O)OC(C)(C)C. The molecule has 0 saturated carbocycles. The van der Waals surface area contributed by atoms with E-state index < -0.39 is 11.7 Å². The molecule has 0 radical (unpaired) electrons. The molecule has 0 aromatic rings. The summed E-state index contributed by atoms with van der Waals surface area (Å²) in [5.41, 5.74) is -0.504. The topological polar surface area (TPSA) is 104 Å². The van der Waals surface area contributed by atoms with Crippen molar-refractivity contribution in [1.29, 1.82) is 0 Å². The number of carbonyl (C=O) groups excluding carboxylic acids is 2. The van der Waals surface area contributed by atoms with Crippen molar-refractivity contribution in [2.45, 2.75) is 26.4 Å². The molecule has 0 fully saturated rings. The van der Waals surface area contributed by atoms with Crippen molar-refractivity contribution in [3.63, 3.8) is 0 Å². The lowest BCUT2D eigenvalue weighted by Crippen LogP contribution is -2.34. The zero-order valence-corrected chi connectivity index (χ0v) is 16.7. The summed E-state index contributed by atoms with van der Waals surface area (Å²) < 4.78 is 26.4. The van der Waals surface area contributed by atoms with Crippen molar-refractivity contribution < 1.29 is 33.3 Å². The molecule has 0 aromatic carbocycles. The summed E-state index contributed by atoms with van der Waals surface area (Å²) in [5.74, 6) is -0.213. The number of hydrogen-bond donors (Lipinski definition) is 2. The van der Waals surface area contributed by atoms with Gasteiger partial charge in [-0.3, -0.25) is 4.79 Å². The summed E-state index contributed by atoms with van der Waals surface area (Å²) in [4.78, 5) is 22.2. The average Bonchev–Trinajstić information content (AvgIpc) is 2.59. The predicted octanol–water partition coefficient (Wildman–Crippen LogP) is 0.880. The highest BCUT2D eigenvalue weighted by Crippen LogP contribution is 2.05. The van der Waals surface area contributed by atoms with Crippen LogP contribution in [0.15, 0.2) is 12.7 Å². The predicted molar refractivity (Wildman–Crippen MR) is 101 cm³/mol. The van der Waals surface area contributed by atoms with Gasteiger partial charge in [0.1, 0.15) is 5.60 Å². The molecule has 2 amide bonds. The lowest BCUT2D eigenvalue weighted by atomic mass is 10.2. The zero-order valence-electron chi connectivity index (χ0n) is 16.7. The summed E-state index contributed by atoms with van der Waals surface area (Å²) in [6, 6.07) is 0. The van der Waals surface area contributed by atoms with E-state index >= 15 is 0 Å². The molecule has 0 rings (SSSR count). The van der Waals surface area contributed by atoms with Crippen LogP contribution in [0.4, 0.5) is 4.79 Å². The lowest BCUT2D eigenvalue weighted by molar-refractivity contribution is -0.116. The molecule has 2 N–H and O–H groups in total. The Morgan fingerprint density at radius 3 is 1.59 bits per heavy atom. The van der Waals surface area contributed by atoms with E-state index in [0.717, 1.165) is 0 Å². The maximum Gasteiger partial charge on any atom is 0.407 e. The van der Waals surface area contributed by atoms with Crippen LogP contribution in [0.2, 0.25) is 0 Å². The second-order valence-electron chi connectivity index (χ2n) is 6.37. The normalized spacial score (nSPS) is 11.1. The van der Waals surface area contributed by atoms with Gasteiger partial charge >= 0.3 is 6.09 Å². The van der Waals surface area contributed by atoms with Gasteiger partial charge in [-0.2, -0.15) is 0 Å². The Bertz CT molecular complexity index is 411. The van der Waals surface area contributed by atoms with Crippen molar-refractivity contribution >= 4 is 12.0 Å². The lowest BCUT2D eigenvalue weighted by Gasteiger charge is -2.19. The minimum absolute atomic E-state index is 0.213. The molecule has 27 heavy (non-hydrogen) atoms. The third-order valence-corrected chi connectivity index (χ3v) is 2.76. The van der Waals surface area contributed by atoms with Gasteiger partial charge < -0.3 is 34.3 Å². The Morgan fingerprint density at radius 2 is 1.19 bits per heavy atom. The van der Waals surface area contributed by atoms with Gasteiger partial charge in [-0.25, -0.2) is 4.79 Å². The second-order valence-corrected chi connectivity index (χ2v) is 6.37. The molecule has 0 saturated heterocycles. The van der Waals surface area contributed by atoms with Gasteiger partial charge in [0.05, 0.1) is 52.9 Å². The Kier molecular flexibility index (Phi) is 15.5. The molecule has 0 heterocycles. The van der Waals surface area contributed by atoms with Gasteiger partial charge in [0.15, 0.2) is 0 Å². The minimum atomic E-state index is -0.504. The van der Waals surface area contributed by atoms with Gasteiger partial charge in [0.2, 0.25) is 5.91 Å². The molecule has 0 aliphatic heterocycles. The molecule has 0 aliphatic rings. The van der Waals surface area contributed by atoms with E-state index in [4.69, 9.17) is 23.7 Å². The Labute approximate surface area is 161 Å². The van der Waals surface area contributed by atoms with Crippen LogP contribution in [0.5, 0.6) is 0 Å². The third-order valence-electron chi connectivity index (χ3n) is 2.76. The van der Waals surface area contributed by atoms with E-state index in [1.807, 2.05) is 20.8 Å². The molecule has 0 bridgehead atoms. The van der Waals surface area contributed by atoms with Crippen LogP contribution in [0.3, 0.4) is 0 Å². The number of hydrogen-bond acceptors (Lipinski definition) is 7. The molecule has 0 atom stereocenters. The number of rotatable bonds is 16. The zero-order chi connectivity index (χ0) is 20.4. The molecule has 9 heteroatoms. The van der Waals surface area contributed by atoms with Gasteiger partial charge in [-0.15, -0.1) is 0 Å². The van der Waals surface area contributed by atoms with Crippen molar-refractivity contribution in [2.75, 3.05) is 65.9 Å². The molecule has 0 spiro atoms. The first-order valence-electron chi connectivity index (χ1n) is 9.03. The van der Waals surface area contributed by atoms with E-state index in [2.05, 4.69) is 17.2 Å². The fourth-order valence-electron chi connectivity index (χ4n) is 1.62. The van der Waals surface area contributed by atoms with E-state index in [9.17, 15) is 9.59 Å². The van der Waals surface area contributed by atoms with Crippen LogP contribution < -0.4 is 10.6 Å². The van der Waals surface area contributed by atoms with Crippen molar-refractivity contribution in [2.24, 2.45) is 0 Å². The van der Waals surface area contributed by atoms with Crippen molar-refractivity contribution in [3.05, 3.63) is 12.7 Å². The van der Waals surface area contributed by atoms with Crippen molar-refractivity contribution in [3.8, 4) is 0 Å². The van der Waals surface area contributed by atoms with Gasteiger partial charge in [0, 0.05) is 13.1 Å². The summed E-state index contributed by atoms with van der Waals surface area (Å²) in [6.07, 6.45) is 0.764. The smallest absolute Gasteiger partial charge is 0.407 e. The van der Waals surface area contributed by atoms with Crippen LogP contribution in [0.1, 0.15) is 20.8 Å². The summed E-state index contributed by atoms with van der Waals surface area (Å²) >= 11 is 0. The number of nitrogens with one attached hydrogen (secondary N) is 2. The van der Waals surface area contributed by atoms with Gasteiger partial charge in [-0.1, -0.05) is 6.58 Å². The second kappa shape index (κ2) is 16.5. The highest BCUT2D eigenvalue weighted by molar-refractivity contribution is 5.86. The molecular formula is C18H34N2O7. The highest BCUT2D eigenvalue weighted by atomic mass is 16.6. The fraction of sp³-hybridized carbons (Fsp3) is 0.778. The number of alkyl carbamates (subject to hydrolysis) is 1. The number of ether oxygens (including phenoxy) is 5. The Balaban J connectivity index is 3.18. The van der Waals surface area contributed by atoms with Crippen LogP contribution in [0.25, 0.3) is 0 Å². The summed E-state index contributed by atoms with van der Waals surface area (Å²) in [6.45, 7) is 13.2. The standard InChI is InChI=1S/C18H34N2O7/c1-5-16(21)19-6-8-23-10-12-25-14-15-26-13-11-24-9-7-20-17(22)27-18(2,3)4/h5H,1,6-15H2,2-4H3,(H,19,21)(H,20,22). The van der Waals surface area contributed by atoms with E-state index in [1.165, 1.54) is 6.08 Å². The van der Waals surface area contributed by atoms with Gasteiger partial charge in [0.25, 0.3) is 0 Å². The maximum atomic E-state index is 11.4. The van der Waals surface area contributed by atoms with Crippen LogP contribution in [-0.4, -0.2) is 83.5 Å². The molecule has 9 nitrogen and oxygen atoms in total. The fourth-order valence-corrected chi connectivity index (χ4v) is 1.62. The highest BCUT2D eigenvalue weighted by Gasteiger charge is 2.15. The molecule has 0 unspecified atom stereocenters. The maximum absolute atomic E-state index is 11.4. The molecule has 0 aromatic heterocycles. The van der Waals surface area contributed by atoms with Crippen molar-refractivity contribution in [1.82, 2.24) is 10.6 Å². The van der Waals surface area contributed by atoms with E-state index in [-0.39, 0.29) is 5.91 Å². The van der Waals surface area contributed by atoms with Crippen LogP contribution >= 0.6 is 0 Å². The number of amides is 2. The Morgan fingerprint density at radius 1 is 0.778 bits per heavy atom.